The predicted octanol–water partition coefficient (Wildman–Crippen LogP) is 5.67. The molecule has 2 heterocycles. The Morgan fingerprint density at radius 2 is 1.65 bits per heavy atom. The molecule has 0 saturated carbocycles. The number of thioether (sulfide) groups is 1. The molecule has 0 aliphatic carbocycles. The van der Waals surface area contributed by atoms with E-state index in [4.69, 9.17) is 19.3 Å². The smallest absolute Gasteiger partial charge is 0.213 e. The number of ether oxygens (including phenoxy) is 3. The van der Waals surface area contributed by atoms with Crippen molar-refractivity contribution in [1.82, 2.24) is 5.01 Å². The molecule has 6 heteroatoms. The van der Waals surface area contributed by atoms with Gasteiger partial charge >= 0.3 is 0 Å². The van der Waals surface area contributed by atoms with Crippen LogP contribution in [0.15, 0.2) is 76.7 Å². The number of rotatable bonds is 5. The minimum absolute atomic E-state index is 0.0844. The van der Waals surface area contributed by atoms with Crippen molar-refractivity contribution in [1.29, 1.82) is 0 Å². The molecule has 0 bridgehead atoms. The van der Waals surface area contributed by atoms with E-state index >= 15 is 0 Å². The van der Waals surface area contributed by atoms with Gasteiger partial charge < -0.3 is 14.2 Å². The lowest BCUT2D eigenvalue weighted by Crippen LogP contribution is -2.33. The highest BCUT2D eigenvalue weighted by atomic mass is 32.2. The highest BCUT2D eigenvalue weighted by Gasteiger charge is 2.41. The highest BCUT2D eigenvalue weighted by molar-refractivity contribution is 7.98. The summed E-state index contributed by atoms with van der Waals surface area (Å²) >= 11 is 1.73. The second-order valence-electron chi connectivity index (χ2n) is 7.52. The fourth-order valence-corrected chi connectivity index (χ4v) is 4.55. The van der Waals surface area contributed by atoms with Crippen LogP contribution in [0, 0.1) is 0 Å². The molecule has 2 atom stereocenters. The summed E-state index contributed by atoms with van der Waals surface area (Å²) in [6.45, 7) is 0. The predicted molar refractivity (Wildman–Crippen MR) is 123 cm³/mol. The van der Waals surface area contributed by atoms with Crippen molar-refractivity contribution in [3.05, 3.63) is 83.4 Å². The van der Waals surface area contributed by atoms with Gasteiger partial charge in [-0.05, 0) is 66.4 Å². The fraction of sp³-hybridized carbons (Fsp3) is 0.240. The molecular formula is C25H24N2O3S. The van der Waals surface area contributed by atoms with Gasteiger partial charge in [-0.25, -0.2) is 5.01 Å². The maximum absolute atomic E-state index is 6.46. The Balaban J connectivity index is 1.56. The number of benzene rings is 3. The zero-order valence-corrected chi connectivity index (χ0v) is 18.6. The quantitative estimate of drug-likeness (QED) is 0.486. The highest BCUT2D eigenvalue weighted by Crippen LogP contribution is 2.48. The Bertz CT molecular complexity index is 1110. The van der Waals surface area contributed by atoms with Gasteiger partial charge in [0.2, 0.25) is 6.23 Å². The molecule has 158 valence electrons. The van der Waals surface area contributed by atoms with Crippen LogP contribution in [-0.2, 0) is 0 Å². The summed E-state index contributed by atoms with van der Waals surface area (Å²) in [5.74, 6) is 2.54. The molecule has 0 spiro atoms. The van der Waals surface area contributed by atoms with Crippen LogP contribution in [0.3, 0.4) is 0 Å². The third kappa shape index (κ3) is 3.61. The van der Waals surface area contributed by atoms with Crippen LogP contribution in [0.25, 0.3) is 0 Å². The third-order valence-corrected chi connectivity index (χ3v) is 6.56. The monoisotopic (exact) mass is 432 g/mol. The molecule has 0 amide bonds. The summed E-state index contributed by atoms with van der Waals surface area (Å²) in [7, 11) is 3.37. The lowest BCUT2D eigenvalue weighted by molar-refractivity contribution is -0.0191. The van der Waals surface area contributed by atoms with Gasteiger partial charge in [0, 0.05) is 22.4 Å². The van der Waals surface area contributed by atoms with Gasteiger partial charge in [0.1, 0.15) is 17.2 Å². The van der Waals surface area contributed by atoms with Crippen LogP contribution < -0.4 is 14.2 Å². The van der Waals surface area contributed by atoms with Gasteiger partial charge in [-0.1, -0.05) is 12.1 Å². The Kier molecular flexibility index (Phi) is 5.24. The standard InChI is InChI=1S/C25H24N2O3S/c1-28-18-8-4-16(5-9-18)22-15-23-21-14-19(29-2)10-13-24(21)30-25(27(23)26-22)17-6-11-20(31-3)12-7-17/h4-14,23,25H,15H2,1-3H3/t23-,25-/m1/s1. The van der Waals surface area contributed by atoms with Crippen molar-refractivity contribution in [2.24, 2.45) is 5.10 Å². The van der Waals surface area contributed by atoms with E-state index in [2.05, 4.69) is 53.7 Å². The summed E-state index contributed by atoms with van der Waals surface area (Å²) < 4.78 is 17.2. The lowest BCUT2D eigenvalue weighted by Gasteiger charge is -2.38. The van der Waals surface area contributed by atoms with E-state index in [9.17, 15) is 0 Å². The van der Waals surface area contributed by atoms with Crippen LogP contribution in [0.1, 0.15) is 35.4 Å². The number of nitrogens with zero attached hydrogens (tertiary/aromatic N) is 2. The zero-order valence-electron chi connectivity index (χ0n) is 17.7. The van der Waals surface area contributed by atoms with Gasteiger partial charge in [0.05, 0.1) is 26.0 Å². The van der Waals surface area contributed by atoms with E-state index < -0.39 is 0 Å². The van der Waals surface area contributed by atoms with Crippen molar-refractivity contribution in [3.8, 4) is 17.2 Å². The van der Waals surface area contributed by atoms with Crippen molar-refractivity contribution in [2.45, 2.75) is 23.6 Å². The fourth-order valence-electron chi connectivity index (χ4n) is 4.14. The number of hydrogen-bond donors (Lipinski definition) is 0. The van der Waals surface area contributed by atoms with Gasteiger partial charge in [-0.3, -0.25) is 0 Å². The first-order valence-electron chi connectivity index (χ1n) is 10.2. The van der Waals surface area contributed by atoms with E-state index in [1.807, 2.05) is 24.3 Å². The van der Waals surface area contributed by atoms with E-state index in [0.717, 1.165) is 46.1 Å². The lowest BCUT2D eigenvalue weighted by atomic mass is 9.95. The third-order valence-electron chi connectivity index (χ3n) is 5.82. The molecule has 0 fully saturated rings. The Hall–Kier alpha value is -3.12. The van der Waals surface area contributed by atoms with Crippen LogP contribution in [0.2, 0.25) is 0 Å². The van der Waals surface area contributed by atoms with E-state index in [1.165, 1.54) is 4.90 Å². The van der Waals surface area contributed by atoms with Crippen molar-refractivity contribution in [2.75, 3.05) is 20.5 Å². The first-order valence-corrected chi connectivity index (χ1v) is 11.4. The molecule has 31 heavy (non-hydrogen) atoms. The van der Waals surface area contributed by atoms with Crippen molar-refractivity contribution < 1.29 is 14.2 Å². The van der Waals surface area contributed by atoms with Gasteiger partial charge in [0.25, 0.3) is 0 Å². The molecule has 5 nitrogen and oxygen atoms in total. The molecule has 3 aromatic carbocycles. The number of methoxy groups -OCH3 is 2. The van der Waals surface area contributed by atoms with Gasteiger partial charge in [-0.15, -0.1) is 11.8 Å². The van der Waals surface area contributed by atoms with E-state index in [0.29, 0.717) is 0 Å². The first-order chi connectivity index (χ1) is 15.2. The van der Waals surface area contributed by atoms with Gasteiger partial charge in [0.15, 0.2) is 0 Å². The molecule has 3 aromatic rings. The summed E-state index contributed by atoms with van der Waals surface area (Å²) in [6.07, 6.45) is 2.60. The second kappa shape index (κ2) is 8.19. The van der Waals surface area contributed by atoms with Crippen molar-refractivity contribution >= 4 is 17.5 Å². The molecule has 0 saturated heterocycles. The largest absolute Gasteiger partial charge is 0.497 e. The average Bonchev–Trinajstić information content (AvgIpc) is 3.29. The molecule has 0 unspecified atom stereocenters. The van der Waals surface area contributed by atoms with E-state index in [-0.39, 0.29) is 12.3 Å². The summed E-state index contributed by atoms with van der Waals surface area (Å²) in [6, 6.07) is 22.7. The van der Waals surface area contributed by atoms with Crippen LogP contribution in [0.5, 0.6) is 17.2 Å². The topological polar surface area (TPSA) is 43.3 Å². The van der Waals surface area contributed by atoms with Crippen molar-refractivity contribution in [3.63, 3.8) is 0 Å². The SMILES string of the molecule is COc1ccc(C2=NN3[C@H](C2)c2cc(OC)ccc2O[C@@H]3c2ccc(SC)cc2)cc1. The zero-order chi connectivity index (χ0) is 21.4. The van der Waals surface area contributed by atoms with E-state index in [1.54, 1.807) is 26.0 Å². The van der Waals surface area contributed by atoms with Crippen LogP contribution >= 0.6 is 11.8 Å². The van der Waals surface area contributed by atoms with Crippen LogP contribution in [0.4, 0.5) is 0 Å². The summed E-state index contributed by atoms with van der Waals surface area (Å²) in [5.41, 5.74) is 4.32. The summed E-state index contributed by atoms with van der Waals surface area (Å²) in [5, 5.41) is 7.12. The molecule has 0 radical (unpaired) electrons. The molecule has 2 aliphatic heterocycles. The average molecular weight is 433 g/mol. The van der Waals surface area contributed by atoms with Gasteiger partial charge in [-0.2, -0.15) is 5.10 Å². The minimum Gasteiger partial charge on any atom is -0.497 e. The first kappa shape index (κ1) is 19.8. The number of hydrazone groups is 1. The molecular weight excluding hydrogens is 408 g/mol. The molecule has 0 N–H and O–H groups in total. The number of fused-ring (bicyclic) bond motifs is 3. The molecule has 0 aromatic heterocycles. The maximum atomic E-state index is 6.46. The Labute approximate surface area is 186 Å². The van der Waals surface area contributed by atoms with Crippen LogP contribution in [-0.4, -0.2) is 31.2 Å². The number of hydrogen-bond acceptors (Lipinski definition) is 6. The summed E-state index contributed by atoms with van der Waals surface area (Å²) in [4.78, 5) is 1.23. The Morgan fingerprint density at radius 1 is 0.935 bits per heavy atom. The Morgan fingerprint density at radius 3 is 2.32 bits per heavy atom. The maximum Gasteiger partial charge on any atom is 0.213 e. The molecule has 2 aliphatic rings. The normalized spacial score (nSPS) is 19.2. The molecule has 5 rings (SSSR count). The second-order valence-corrected chi connectivity index (χ2v) is 8.40. The minimum atomic E-state index is -0.280.